The van der Waals surface area contributed by atoms with Gasteiger partial charge < -0.3 is 10.1 Å². The number of hydrogen-bond acceptors (Lipinski definition) is 2. The Morgan fingerprint density at radius 1 is 1.50 bits per heavy atom. The van der Waals surface area contributed by atoms with Gasteiger partial charge in [-0.1, -0.05) is 23.7 Å². The van der Waals surface area contributed by atoms with Crippen LogP contribution in [0, 0.1) is 0 Å². The first-order chi connectivity index (χ1) is 8.65. The second kappa shape index (κ2) is 6.21. The Morgan fingerprint density at radius 3 is 2.83 bits per heavy atom. The third-order valence-corrected chi connectivity index (χ3v) is 3.44. The summed E-state index contributed by atoms with van der Waals surface area (Å²) in [6.07, 6.45) is 2.66. The van der Waals surface area contributed by atoms with Crippen LogP contribution in [-0.2, 0) is 16.0 Å². The largest absolute Gasteiger partial charge is 0.376 e. The van der Waals surface area contributed by atoms with Crippen LogP contribution in [0.1, 0.15) is 25.3 Å². The maximum absolute atomic E-state index is 11.9. The van der Waals surface area contributed by atoms with Gasteiger partial charge in [0.05, 0.1) is 18.6 Å². The molecule has 1 aromatic rings. The molecule has 0 bridgehead atoms. The van der Waals surface area contributed by atoms with E-state index in [1.165, 1.54) is 0 Å². The Kier molecular flexibility index (Phi) is 4.61. The number of halogens is 1. The summed E-state index contributed by atoms with van der Waals surface area (Å²) < 4.78 is 5.55. The Labute approximate surface area is 112 Å². The minimum atomic E-state index is 0.0281. The maximum Gasteiger partial charge on any atom is 0.224 e. The second-order valence-electron chi connectivity index (χ2n) is 4.71. The molecule has 1 aliphatic rings. The first kappa shape index (κ1) is 13.4. The van der Waals surface area contributed by atoms with E-state index < -0.39 is 0 Å². The van der Waals surface area contributed by atoms with Crippen LogP contribution in [0.15, 0.2) is 24.3 Å². The van der Waals surface area contributed by atoms with Crippen molar-refractivity contribution >= 4 is 17.5 Å². The minimum absolute atomic E-state index is 0.0281. The summed E-state index contributed by atoms with van der Waals surface area (Å²) in [5.74, 6) is 0.0281. The van der Waals surface area contributed by atoms with Crippen LogP contribution in [0.2, 0.25) is 5.02 Å². The van der Waals surface area contributed by atoms with Gasteiger partial charge in [-0.25, -0.2) is 0 Å². The molecule has 2 rings (SSSR count). The van der Waals surface area contributed by atoms with Crippen molar-refractivity contribution in [1.82, 2.24) is 5.32 Å². The summed E-state index contributed by atoms with van der Waals surface area (Å²) in [6, 6.07) is 7.42. The van der Waals surface area contributed by atoms with Crippen LogP contribution < -0.4 is 5.32 Å². The molecule has 3 nitrogen and oxygen atoms in total. The molecule has 0 saturated carbocycles. The molecular weight excluding hydrogens is 250 g/mol. The predicted molar refractivity (Wildman–Crippen MR) is 71.7 cm³/mol. The third-order valence-electron chi connectivity index (χ3n) is 3.19. The topological polar surface area (TPSA) is 38.3 Å². The molecule has 0 spiro atoms. The van der Waals surface area contributed by atoms with E-state index in [-0.39, 0.29) is 18.1 Å². The van der Waals surface area contributed by atoms with E-state index in [2.05, 4.69) is 5.32 Å². The molecule has 1 N–H and O–H groups in total. The first-order valence-corrected chi connectivity index (χ1v) is 6.68. The molecule has 0 radical (unpaired) electrons. The average molecular weight is 268 g/mol. The highest BCUT2D eigenvalue weighted by Crippen LogP contribution is 2.15. The van der Waals surface area contributed by atoms with Crippen molar-refractivity contribution in [2.75, 3.05) is 6.61 Å². The van der Waals surface area contributed by atoms with Gasteiger partial charge in [-0.3, -0.25) is 4.79 Å². The Morgan fingerprint density at radius 2 is 2.22 bits per heavy atom. The molecule has 0 aromatic heterocycles. The summed E-state index contributed by atoms with van der Waals surface area (Å²) in [4.78, 5) is 11.9. The van der Waals surface area contributed by atoms with E-state index >= 15 is 0 Å². The van der Waals surface area contributed by atoms with E-state index in [0.717, 1.165) is 25.0 Å². The lowest BCUT2D eigenvalue weighted by molar-refractivity contribution is -0.121. The Hall–Kier alpha value is -1.06. The smallest absolute Gasteiger partial charge is 0.224 e. The number of benzene rings is 1. The SMILES string of the molecule is C[C@H](NC(=O)Cc1ccc(Cl)cc1)[C@H]1CCCO1. The first-order valence-electron chi connectivity index (χ1n) is 6.30. The van der Waals surface area contributed by atoms with Crippen LogP contribution in [0.5, 0.6) is 0 Å². The molecule has 1 aromatic carbocycles. The van der Waals surface area contributed by atoms with E-state index in [4.69, 9.17) is 16.3 Å². The van der Waals surface area contributed by atoms with E-state index in [9.17, 15) is 4.79 Å². The zero-order valence-corrected chi connectivity index (χ0v) is 11.2. The number of rotatable bonds is 4. The zero-order valence-electron chi connectivity index (χ0n) is 10.5. The van der Waals surface area contributed by atoms with Crippen molar-refractivity contribution in [3.05, 3.63) is 34.9 Å². The number of carbonyl (C=O) groups is 1. The standard InChI is InChI=1S/C14H18ClNO2/c1-10(13-3-2-8-18-13)16-14(17)9-11-4-6-12(15)7-5-11/h4-7,10,13H,2-3,8-9H2,1H3,(H,16,17)/t10-,13+/m0/s1. The molecule has 1 amide bonds. The highest BCUT2D eigenvalue weighted by molar-refractivity contribution is 6.30. The van der Waals surface area contributed by atoms with Gasteiger partial charge in [-0.15, -0.1) is 0 Å². The van der Waals surface area contributed by atoms with Gasteiger partial charge in [0.1, 0.15) is 0 Å². The second-order valence-corrected chi connectivity index (χ2v) is 5.15. The van der Waals surface area contributed by atoms with Gasteiger partial charge in [0, 0.05) is 11.6 Å². The molecule has 0 aliphatic carbocycles. The van der Waals surface area contributed by atoms with Crippen LogP contribution in [0.25, 0.3) is 0 Å². The van der Waals surface area contributed by atoms with Crippen molar-refractivity contribution in [2.24, 2.45) is 0 Å². The molecule has 1 saturated heterocycles. The van der Waals surface area contributed by atoms with Crippen molar-refractivity contribution < 1.29 is 9.53 Å². The van der Waals surface area contributed by atoms with Gasteiger partial charge in [-0.05, 0) is 37.5 Å². The average Bonchev–Trinajstić information content (AvgIpc) is 2.85. The fraction of sp³-hybridized carbons (Fsp3) is 0.500. The summed E-state index contributed by atoms with van der Waals surface area (Å²) >= 11 is 5.80. The highest BCUT2D eigenvalue weighted by Gasteiger charge is 2.23. The van der Waals surface area contributed by atoms with E-state index in [0.29, 0.717) is 11.4 Å². The Balaban J connectivity index is 1.82. The normalized spacial score (nSPS) is 20.7. The number of ether oxygens (including phenoxy) is 1. The molecule has 4 heteroatoms. The van der Waals surface area contributed by atoms with Gasteiger partial charge in [0.15, 0.2) is 0 Å². The van der Waals surface area contributed by atoms with Crippen LogP contribution in [0.4, 0.5) is 0 Å². The maximum atomic E-state index is 11.9. The highest BCUT2D eigenvalue weighted by atomic mass is 35.5. The van der Waals surface area contributed by atoms with E-state index in [1.807, 2.05) is 19.1 Å². The van der Waals surface area contributed by atoms with Crippen LogP contribution in [-0.4, -0.2) is 24.7 Å². The molecule has 2 atom stereocenters. The number of amides is 1. The molecule has 18 heavy (non-hydrogen) atoms. The quantitative estimate of drug-likeness (QED) is 0.911. The number of hydrogen-bond donors (Lipinski definition) is 1. The zero-order chi connectivity index (χ0) is 13.0. The number of carbonyl (C=O) groups excluding carboxylic acids is 1. The fourth-order valence-electron chi connectivity index (χ4n) is 2.18. The van der Waals surface area contributed by atoms with Gasteiger partial charge in [0.2, 0.25) is 5.91 Å². The van der Waals surface area contributed by atoms with Crippen molar-refractivity contribution in [3.63, 3.8) is 0 Å². The molecule has 1 fully saturated rings. The molecule has 0 unspecified atom stereocenters. The summed E-state index contributed by atoms with van der Waals surface area (Å²) in [5.41, 5.74) is 0.969. The van der Waals surface area contributed by atoms with Gasteiger partial charge >= 0.3 is 0 Å². The summed E-state index contributed by atoms with van der Waals surface area (Å²) in [5, 5.41) is 3.67. The van der Waals surface area contributed by atoms with Crippen LogP contribution >= 0.6 is 11.6 Å². The van der Waals surface area contributed by atoms with Crippen LogP contribution in [0.3, 0.4) is 0 Å². The fourth-order valence-corrected chi connectivity index (χ4v) is 2.31. The lowest BCUT2D eigenvalue weighted by Crippen LogP contribution is -2.41. The lowest BCUT2D eigenvalue weighted by atomic mass is 10.1. The van der Waals surface area contributed by atoms with Crippen molar-refractivity contribution in [1.29, 1.82) is 0 Å². The van der Waals surface area contributed by atoms with E-state index in [1.54, 1.807) is 12.1 Å². The summed E-state index contributed by atoms with van der Waals surface area (Å²) in [6.45, 7) is 2.80. The summed E-state index contributed by atoms with van der Waals surface area (Å²) in [7, 11) is 0. The minimum Gasteiger partial charge on any atom is -0.376 e. The molecule has 98 valence electrons. The number of nitrogens with one attached hydrogen (secondary N) is 1. The lowest BCUT2D eigenvalue weighted by Gasteiger charge is -2.19. The van der Waals surface area contributed by atoms with Gasteiger partial charge in [0.25, 0.3) is 0 Å². The monoisotopic (exact) mass is 267 g/mol. The Bertz CT molecular complexity index is 399. The third kappa shape index (κ3) is 3.72. The molecule has 1 heterocycles. The van der Waals surface area contributed by atoms with Gasteiger partial charge in [-0.2, -0.15) is 0 Å². The molecule has 1 aliphatic heterocycles. The van der Waals surface area contributed by atoms with Crippen molar-refractivity contribution in [3.8, 4) is 0 Å². The predicted octanol–water partition coefficient (Wildman–Crippen LogP) is 2.57. The molecular formula is C14H18ClNO2. The van der Waals surface area contributed by atoms with Crippen molar-refractivity contribution in [2.45, 2.75) is 38.3 Å².